The summed E-state index contributed by atoms with van der Waals surface area (Å²) in [5, 5.41) is 1.42. The van der Waals surface area contributed by atoms with Crippen molar-refractivity contribution < 1.29 is 4.79 Å². The van der Waals surface area contributed by atoms with Crippen molar-refractivity contribution in [2.75, 3.05) is 5.75 Å². The molecule has 4 rings (SSSR count). The molecule has 0 unspecified atom stereocenters. The number of Topliss-reactive ketones (excluding diaryl/α,β-unsaturated/α-hetero) is 1. The second-order valence-corrected chi connectivity index (χ2v) is 8.13. The zero-order valence-corrected chi connectivity index (χ0v) is 17.8. The van der Waals surface area contributed by atoms with E-state index in [1.807, 2.05) is 68.6 Å². The molecule has 0 saturated heterocycles. The zero-order chi connectivity index (χ0) is 21.1. The molecule has 0 fully saturated rings. The number of benzene rings is 2. The van der Waals surface area contributed by atoms with Crippen LogP contribution in [0.4, 0.5) is 0 Å². The van der Waals surface area contributed by atoms with E-state index in [0.717, 1.165) is 40.7 Å². The molecule has 152 valence electrons. The highest BCUT2D eigenvalue weighted by molar-refractivity contribution is 7.99. The van der Waals surface area contributed by atoms with Crippen LogP contribution in [-0.2, 0) is 13.5 Å². The number of ketones is 1. The monoisotopic (exact) mass is 417 g/mol. The molecule has 0 aliphatic rings. The van der Waals surface area contributed by atoms with Crippen molar-refractivity contribution in [2.24, 2.45) is 7.05 Å². The van der Waals surface area contributed by atoms with Crippen molar-refractivity contribution in [2.45, 2.75) is 24.9 Å². The van der Waals surface area contributed by atoms with Crippen molar-refractivity contribution in [1.29, 1.82) is 0 Å². The summed E-state index contributed by atoms with van der Waals surface area (Å²) in [6, 6.07) is 19.4. The van der Waals surface area contributed by atoms with Crippen LogP contribution in [0.1, 0.15) is 29.4 Å². The minimum atomic E-state index is -0.182. The maximum atomic E-state index is 13.4. The van der Waals surface area contributed by atoms with Gasteiger partial charge in [0.1, 0.15) is 0 Å². The maximum absolute atomic E-state index is 13.4. The molecule has 0 bridgehead atoms. The van der Waals surface area contributed by atoms with Gasteiger partial charge in [0.05, 0.1) is 17.0 Å². The number of hydrogen-bond donors (Lipinski definition) is 1. The van der Waals surface area contributed by atoms with E-state index in [9.17, 15) is 9.59 Å². The zero-order valence-electron chi connectivity index (χ0n) is 17.0. The quantitative estimate of drug-likeness (QED) is 0.265. The van der Waals surface area contributed by atoms with Crippen LogP contribution in [0.25, 0.3) is 22.2 Å². The Kier molecular flexibility index (Phi) is 5.86. The van der Waals surface area contributed by atoms with Gasteiger partial charge in [-0.25, -0.2) is 4.98 Å². The number of carbonyl (C=O) groups is 1. The van der Waals surface area contributed by atoms with Crippen molar-refractivity contribution in [3.05, 3.63) is 82.3 Å². The molecule has 5 nitrogen and oxygen atoms in total. The van der Waals surface area contributed by atoms with Crippen molar-refractivity contribution in [3.8, 4) is 11.3 Å². The van der Waals surface area contributed by atoms with E-state index >= 15 is 0 Å². The standard InChI is InChI=1S/C24H23N3O2S/c1-3-9-17-14-21(29)26-24(25-17)30-15-20(28)22-18-12-7-8-13-19(18)27(2)23(22)16-10-5-4-6-11-16/h4-8,10-14H,3,9,15H2,1-2H3,(H,25,26,29). The van der Waals surface area contributed by atoms with Gasteiger partial charge >= 0.3 is 0 Å². The Morgan fingerprint density at radius 2 is 1.83 bits per heavy atom. The molecule has 2 aromatic heterocycles. The highest BCUT2D eigenvalue weighted by Crippen LogP contribution is 2.34. The number of fused-ring (bicyclic) bond motifs is 1. The summed E-state index contributed by atoms with van der Waals surface area (Å²) >= 11 is 1.27. The molecule has 1 N–H and O–H groups in total. The molecule has 0 radical (unpaired) electrons. The first-order valence-electron chi connectivity index (χ1n) is 9.97. The smallest absolute Gasteiger partial charge is 0.251 e. The van der Waals surface area contributed by atoms with Gasteiger partial charge in [-0.05, 0) is 18.1 Å². The van der Waals surface area contributed by atoms with Gasteiger partial charge in [0.25, 0.3) is 5.56 Å². The van der Waals surface area contributed by atoms with Gasteiger partial charge in [0.15, 0.2) is 10.9 Å². The van der Waals surface area contributed by atoms with E-state index in [-0.39, 0.29) is 17.1 Å². The largest absolute Gasteiger partial charge is 0.343 e. The molecule has 6 heteroatoms. The number of carbonyl (C=O) groups excluding carboxylic acids is 1. The topological polar surface area (TPSA) is 67.8 Å². The average molecular weight is 418 g/mol. The Morgan fingerprint density at radius 1 is 1.10 bits per heavy atom. The van der Waals surface area contributed by atoms with Gasteiger partial charge in [-0.1, -0.05) is 73.6 Å². The third-order valence-electron chi connectivity index (χ3n) is 5.05. The first-order valence-corrected chi connectivity index (χ1v) is 11.0. The third kappa shape index (κ3) is 3.96. The van der Waals surface area contributed by atoms with E-state index in [4.69, 9.17) is 0 Å². The van der Waals surface area contributed by atoms with Gasteiger partial charge in [-0.3, -0.25) is 9.59 Å². The molecule has 4 aromatic rings. The highest BCUT2D eigenvalue weighted by atomic mass is 32.2. The normalized spacial score (nSPS) is 11.1. The molecule has 0 aliphatic carbocycles. The summed E-state index contributed by atoms with van der Waals surface area (Å²) in [5.41, 5.74) is 4.20. The van der Waals surface area contributed by atoms with Gasteiger partial charge in [0.2, 0.25) is 0 Å². The van der Waals surface area contributed by atoms with E-state index in [1.54, 1.807) is 0 Å². The lowest BCUT2D eigenvalue weighted by molar-refractivity contribution is 0.102. The molecular weight excluding hydrogens is 394 g/mol. The first kappa shape index (κ1) is 20.2. The second-order valence-electron chi connectivity index (χ2n) is 7.17. The minimum absolute atomic E-state index is 0.0131. The maximum Gasteiger partial charge on any atom is 0.251 e. The fraction of sp³-hybridized carbons (Fsp3) is 0.208. The van der Waals surface area contributed by atoms with E-state index in [0.29, 0.717) is 10.7 Å². The van der Waals surface area contributed by atoms with Crippen LogP contribution in [0.15, 0.2) is 70.6 Å². The van der Waals surface area contributed by atoms with Crippen LogP contribution in [0.3, 0.4) is 0 Å². The SMILES string of the molecule is CCCc1cc(=O)[nH]c(SCC(=O)c2c(-c3ccccc3)n(C)c3ccccc23)n1. The van der Waals surface area contributed by atoms with Crippen LogP contribution in [0.5, 0.6) is 0 Å². The lowest BCUT2D eigenvalue weighted by Gasteiger charge is -2.08. The second kappa shape index (κ2) is 8.71. The van der Waals surface area contributed by atoms with Crippen molar-refractivity contribution in [3.63, 3.8) is 0 Å². The Morgan fingerprint density at radius 3 is 2.60 bits per heavy atom. The number of aryl methyl sites for hydroxylation is 2. The number of rotatable bonds is 7. The van der Waals surface area contributed by atoms with Gasteiger partial charge in [-0.2, -0.15) is 0 Å². The van der Waals surface area contributed by atoms with Crippen LogP contribution < -0.4 is 5.56 Å². The Hall–Kier alpha value is -3.12. The predicted molar refractivity (Wildman–Crippen MR) is 122 cm³/mol. The summed E-state index contributed by atoms with van der Waals surface area (Å²) in [7, 11) is 1.99. The summed E-state index contributed by atoms with van der Waals surface area (Å²) in [6.45, 7) is 2.05. The number of nitrogens with zero attached hydrogens (tertiary/aromatic N) is 2. The molecule has 0 atom stereocenters. The minimum Gasteiger partial charge on any atom is -0.343 e. The predicted octanol–water partition coefficient (Wildman–Crippen LogP) is 4.86. The number of nitrogens with one attached hydrogen (secondary N) is 1. The van der Waals surface area contributed by atoms with Crippen molar-refractivity contribution >= 4 is 28.4 Å². The van der Waals surface area contributed by atoms with Crippen LogP contribution in [0, 0.1) is 0 Å². The molecule has 30 heavy (non-hydrogen) atoms. The molecular formula is C24H23N3O2S. The first-order chi connectivity index (χ1) is 14.6. The summed E-state index contributed by atoms with van der Waals surface area (Å²) < 4.78 is 2.07. The van der Waals surface area contributed by atoms with E-state index < -0.39 is 0 Å². The van der Waals surface area contributed by atoms with Gasteiger partial charge in [0, 0.05) is 29.7 Å². The molecule has 2 aromatic carbocycles. The number of aromatic nitrogens is 3. The average Bonchev–Trinajstić information content (AvgIpc) is 3.05. The molecule has 0 aliphatic heterocycles. The van der Waals surface area contributed by atoms with Crippen LogP contribution in [0.2, 0.25) is 0 Å². The Bertz CT molecular complexity index is 1260. The van der Waals surface area contributed by atoms with Gasteiger partial charge < -0.3 is 9.55 Å². The highest BCUT2D eigenvalue weighted by Gasteiger charge is 2.22. The summed E-state index contributed by atoms with van der Waals surface area (Å²) in [5.74, 6) is 0.214. The number of para-hydroxylation sites is 1. The summed E-state index contributed by atoms with van der Waals surface area (Å²) in [6.07, 6.45) is 1.66. The van der Waals surface area contributed by atoms with Crippen molar-refractivity contribution in [1.82, 2.24) is 14.5 Å². The van der Waals surface area contributed by atoms with E-state index in [2.05, 4.69) is 14.5 Å². The lowest BCUT2D eigenvalue weighted by atomic mass is 10.0. The summed E-state index contributed by atoms with van der Waals surface area (Å²) in [4.78, 5) is 32.5. The Labute approximate surface area is 179 Å². The number of hydrogen-bond acceptors (Lipinski definition) is 4. The molecule has 2 heterocycles. The molecule has 0 saturated carbocycles. The molecule has 0 spiro atoms. The van der Waals surface area contributed by atoms with Crippen LogP contribution >= 0.6 is 11.8 Å². The molecule has 0 amide bonds. The fourth-order valence-corrected chi connectivity index (χ4v) is 4.52. The fourth-order valence-electron chi connectivity index (χ4n) is 3.75. The third-order valence-corrected chi connectivity index (χ3v) is 5.93. The Balaban J connectivity index is 1.71. The van der Waals surface area contributed by atoms with Gasteiger partial charge in [-0.15, -0.1) is 0 Å². The number of H-pyrrole nitrogens is 1. The number of thioether (sulfide) groups is 1. The van der Waals surface area contributed by atoms with E-state index in [1.165, 1.54) is 17.8 Å². The number of aromatic amines is 1. The van der Waals surface area contributed by atoms with Crippen LogP contribution in [-0.4, -0.2) is 26.1 Å². The lowest BCUT2D eigenvalue weighted by Crippen LogP contribution is -2.11.